The Balaban J connectivity index is 2.31. The van der Waals surface area contributed by atoms with E-state index in [-0.39, 0.29) is 23.5 Å². The quantitative estimate of drug-likeness (QED) is 0.544. The average Bonchev–Trinajstić information content (AvgIpc) is 2.66. The smallest absolute Gasteiger partial charge is 0.248 e. The molecule has 0 bridgehead atoms. The van der Waals surface area contributed by atoms with E-state index in [0.717, 1.165) is 38.6 Å². The van der Waals surface area contributed by atoms with Crippen LogP contribution in [0.15, 0.2) is 18.2 Å². The van der Waals surface area contributed by atoms with Crippen LogP contribution in [0.2, 0.25) is 0 Å². The van der Waals surface area contributed by atoms with Crippen LogP contribution in [0.4, 0.5) is 0 Å². The molecule has 1 aromatic rings. The Kier molecular flexibility index (Phi) is 7.39. The molecule has 0 radical (unpaired) electrons. The van der Waals surface area contributed by atoms with Crippen molar-refractivity contribution in [2.45, 2.75) is 69.9 Å². The van der Waals surface area contributed by atoms with Gasteiger partial charge in [0.1, 0.15) is 0 Å². The number of methoxy groups -OCH3 is 1. The number of hydrogen-bond donors (Lipinski definition) is 3. The highest BCUT2D eigenvalue weighted by Gasteiger charge is 2.46. The fraction of sp³-hybridized carbons (Fsp3) is 0.619. The fourth-order valence-corrected chi connectivity index (χ4v) is 4.53. The minimum Gasteiger partial charge on any atom is -0.379 e. The Bertz CT molecular complexity index is 671. The van der Waals surface area contributed by atoms with Gasteiger partial charge in [-0.3, -0.25) is 9.59 Å². The molecule has 150 valence electrons. The number of benzene rings is 1. The van der Waals surface area contributed by atoms with E-state index in [1.807, 2.05) is 18.2 Å². The van der Waals surface area contributed by atoms with Crippen molar-refractivity contribution < 1.29 is 14.3 Å². The van der Waals surface area contributed by atoms with E-state index in [4.69, 9.17) is 16.2 Å². The molecule has 1 aliphatic rings. The Labute approximate surface area is 162 Å². The molecule has 6 nitrogen and oxygen atoms in total. The van der Waals surface area contributed by atoms with E-state index in [2.05, 4.69) is 19.2 Å². The van der Waals surface area contributed by atoms with E-state index in [1.165, 1.54) is 11.1 Å². The lowest BCUT2D eigenvalue weighted by Gasteiger charge is -2.49. The van der Waals surface area contributed by atoms with Crippen LogP contribution in [0.1, 0.15) is 67.4 Å². The lowest BCUT2D eigenvalue weighted by molar-refractivity contribution is -0.118. The van der Waals surface area contributed by atoms with E-state index >= 15 is 0 Å². The van der Waals surface area contributed by atoms with Crippen molar-refractivity contribution in [3.63, 3.8) is 0 Å². The summed E-state index contributed by atoms with van der Waals surface area (Å²) < 4.78 is 5.86. The second-order valence-electron chi connectivity index (χ2n) is 7.43. The van der Waals surface area contributed by atoms with Gasteiger partial charge in [0.2, 0.25) is 11.8 Å². The second-order valence-corrected chi connectivity index (χ2v) is 7.43. The normalized spacial score (nSPS) is 20.9. The monoisotopic (exact) mass is 375 g/mol. The number of fused-ring (bicyclic) bond motifs is 1. The predicted octanol–water partition coefficient (Wildman–Crippen LogP) is 2.03. The lowest BCUT2D eigenvalue weighted by Crippen LogP contribution is -2.59. The third kappa shape index (κ3) is 4.50. The van der Waals surface area contributed by atoms with E-state index in [0.29, 0.717) is 12.0 Å². The molecule has 1 aromatic carbocycles. The van der Waals surface area contributed by atoms with Gasteiger partial charge in [-0.25, -0.2) is 0 Å². The molecule has 0 heterocycles. The number of hydrogen-bond acceptors (Lipinski definition) is 4. The molecule has 6 heteroatoms. The number of nitrogens with one attached hydrogen (secondary N) is 1. The maximum absolute atomic E-state index is 11.7. The molecular weight excluding hydrogens is 342 g/mol. The lowest BCUT2D eigenvalue weighted by atomic mass is 9.62. The molecule has 0 aliphatic heterocycles. The van der Waals surface area contributed by atoms with Gasteiger partial charge in [-0.15, -0.1) is 0 Å². The van der Waals surface area contributed by atoms with E-state index in [1.54, 1.807) is 7.11 Å². The first-order chi connectivity index (χ1) is 12.9. The van der Waals surface area contributed by atoms with Crippen LogP contribution in [-0.4, -0.2) is 37.6 Å². The topological polar surface area (TPSA) is 107 Å². The third-order valence-electron chi connectivity index (χ3n) is 6.10. The molecule has 0 spiro atoms. The van der Waals surface area contributed by atoms with Crippen molar-refractivity contribution in [2.75, 3.05) is 13.7 Å². The SMILES string of the molecule is CCC1(CC)c2cc(C(N)=O)ccc2CC(OC)C1NCCCCC(N)=O. The van der Waals surface area contributed by atoms with Crippen LogP contribution in [0.25, 0.3) is 0 Å². The van der Waals surface area contributed by atoms with Crippen molar-refractivity contribution in [3.05, 3.63) is 34.9 Å². The van der Waals surface area contributed by atoms with Crippen LogP contribution >= 0.6 is 0 Å². The van der Waals surface area contributed by atoms with Crippen LogP contribution < -0.4 is 16.8 Å². The summed E-state index contributed by atoms with van der Waals surface area (Å²) in [5.74, 6) is -0.657. The Morgan fingerprint density at radius 1 is 1.22 bits per heavy atom. The first-order valence-electron chi connectivity index (χ1n) is 9.87. The minimum absolute atomic E-state index is 0.0490. The van der Waals surface area contributed by atoms with Gasteiger partial charge in [0.05, 0.1) is 6.10 Å². The standard InChI is InChI=1S/C21H33N3O3/c1-4-21(5-2)16-12-15(20(23)26)10-9-14(16)13-17(27-3)19(21)24-11-7-6-8-18(22)25/h9-10,12,17,19,24H,4-8,11,13H2,1-3H3,(H2,22,25)(H2,23,26). The first kappa shape index (κ1) is 21.4. The number of unbranched alkanes of at least 4 members (excludes halogenated alkanes) is 1. The molecule has 0 aromatic heterocycles. The van der Waals surface area contributed by atoms with Gasteiger partial charge in [-0.2, -0.15) is 0 Å². The van der Waals surface area contributed by atoms with Gasteiger partial charge < -0.3 is 21.5 Å². The molecule has 0 saturated heterocycles. The summed E-state index contributed by atoms with van der Waals surface area (Å²) >= 11 is 0. The predicted molar refractivity (Wildman–Crippen MR) is 107 cm³/mol. The summed E-state index contributed by atoms with van der Waals surface area (Å²) in [6.07, 6.45) is 4.78. The number of primary amides is 2. The largest absolute Gasteiger partial charge is 0.379 e. The maximum atomic E-state index is 11.7. The highest BCUT2D eigenvalue weighted by molar-refractivity contribution is 5.93. The molecule has 0 fully saturated rings. The molecule has 2 rings (SSSR count). The van der Waals surface area contributed by atoms with Gasteiger partial charge in [-0.05, 0) is 55.5 Å². The molecule has 0 saturated carbocycles. The summed E-state index contributed by atoms with van der Waals surface area (Å²) in [7, 11) is 1.76. The van der Waals surface area contributed by atoms with Crippen LogP contribution in [0, 0.1) is 0 Å². The van der Waals surface area contributed by atoms with Gasteiger partial charge in [-0.1, -0.05) is 19.9 Å². The number of nitrogens with two attached hydrogens (primary N) is 2. The summed E-state index contributed by atoms with van der Waals surface area (Å²) in [6.45, 7) is 5.17. The highest BCUT2D eigenvalue weighted by Crippen LogP contribution is 2.44. The summed E-state index contributed by atoms with van der Waals surface area (Å²) in [5, 5.41) is 3.69. The maximum Gasteiger partial charge on any atom is 0.248 e. The van der Waals surface area contributed by atoms with Gasteiger partial charge >= 0.3 is 0 Å². The Hall–Kier alpha value is -1.92. The number of carbonyl (C=O) groups is 2. The molecule has 2 atom stereocenters. The van der Waals surface area contributed by atoms with Gasteiger partial charge in [0.15, 0.2) is 0 Å². The average molecular weight is 376 g/mol. The van der Waals surface area contributed by atoms with E-state index in [9.17, 15) is 9.59 Å². The van der Waals surface area contributed by atoms with Crippen LogP contribution in [0.5, 0.6) is 0 Å². The molecule has 1 aliphatic carbocycles. The second kappa shape index (κ2) is 9.33. The Morgan fingerprint density at radius 2 is 1.93 bits per heavy atom. The molecule has 5 N–H and O–H groups in total. The highest BCUT2D eigenvalue weighted by atomic mass is 16.5. The number of carbonyl (C=O) groups excluding carboxylic acids is 2. The zero-order chi connectivity index (χ0) is 20.0. The molecular formula is C21H33N3O3. The van der Waals surface area contributed by atoms with Crippen molar-refractivity contribution in [1.29, 1.82) is 0 Å². The zero-order valence-electron chi connectivity index (χ0n) is 16.7. The van der Waals surface area contributed by atoms with Crippen molar-refractivity contribution in [3.8, 4) is 0 Å². The van der Waals surface area contributed by atoms with E-state index < -0.39 is 5.91 Å². The van der Waals surface area contributed by atoms with Crippen molar-refractivity contribution in [2.24, 2.45) is 11.5 Å². The summed E-state index contributed by atoms with van der Waals surface area (Å²) in [4.78, 5) is 22.6. The molecule has 2 unspecified atom stereocenters. The van der Waals surface area contributed by atoms with Crippen LogP contribution in [-0.2, 0) is 21.4 Å². The first-order valence-corrected chi connectivity index (χ1v) is 9.87. The van der Waals surface area contributed by atoms with Gasteiger partial charge in [0, 0.05) is 37.0 Å². The van der Waals surface area contributed by atoms with Crippen LogP contribution in [0.3, 0.4) is 0 Å². The molecule has 2 amide bonds. The number of amides is 2. The zero-order valence-corrected chi connectivity index (χ0v) is 16.7. The minimum atomic E-state index is -0.399. The number of ether oxygens (including phenoxy) is 1. The van der Waals surface area contributed by atoms with Crippen molar-refractivity contribution in [1.82, 2.24) is 5.32 Å². The Morgan fingerprint density at radius 3 is 2.48 bits per heavy atom. The number of rotatable bonds is 10. The molecule has 27 heavy (non-hydrogen) atoms. The fourth-order valence-electron chi connectivity index (χ4n) is 4.53. The van der Waals surface area contributed by atoms with Gasteiger partial charge in [0.25, 0.3) is 0 Å². The summed E-state index contributed by atoms with van der Waals surface area (Å²) in [5.41, 5.74) is 13.6. The van der Waals surface area contributed by atoms with Crippen molar-refractivity contribution >= 4 is 11.8 Å². The summed E-state index contributed by atoms with van der Waals surface area (Å²) in [6, 6.07) is 5.92. The third-order valence-corrected chi connectivity index (χ3v) is 6.10.